The van der Waals surface area contributed by atoms with Gasteiger partial charge in [-0.2, -0.15) is 0 Å². The highest BCUT2D eigenvalue weighted by molar-refractivity contribution is 5.83. The van der Waals surface area contributed by atoms with Gasteiger partial charge in [-0.25, -0.2) is 0 Å². The molecule has 102 valence electrons. The second kappa shape index (κ2) is 5.76. The largest absolute Gasteiger partial charge is 0.361 e. The van der Waals surface area contributed by atoms with Crippen LogP contribution in [0.3, 0.4) is 0 Å². The van der Waals surface area contributed by atoms with Gasteiger partial charge in [0.1, 0.15) is 0 Å². The molecule has 0 amide bonds. The van der Waals surface area contributed by atoms with Crippen LogP contribution in [0.25, 0.3) is 10.9 Å². The molecule has 1 unspecified atom stereocenters. The van der Waals surface area contributed by atoms with Crippen LogP contribution in [0.1, 0.15) is 12.0 Å². The smallest absolute Gasteiger partial charge is 0.0456 e. The van der Waals surface area contributed by atoms with Crippen molar-refractivity contribution in [3.63, 3.8) is 0 Å². The van der Waals surface area contributed by atoms with E-state index in [9.17, 15) is 0 Å². The van der Waals surface area contributed by atoms with Crippen molar-refractivity contribution in [1.29, 1.82) is 0 Å². The number of H-pyrrole nitrogens is 1. The molecule has 2 heterocycles. The SMILES string of the molecule is CN(CCc1c[nH]c2ccccc12)CC1CCNC1. The van der Waals surface area contributed by atoms with Crippen molar-refractivity contribution in [3.8, 4) is 0 Å². The quantitative estimate of drug-likeness (QED) is 0.861. The Labute approximate surface area is 115 Å². The lowest BCUT2D eigenvalue weighted by Crippen LogP contribution is -2.28. The lowest BCUT2D eigenvalue weighted by molar-refractivity contribution is 0.289. The number of rotatable bonds is 5. The van der Waals surface area contributed by atoms with Crippen LogP contribution in [0.15, 0.2) is 30.5 Å². The van der Waals surface area contributed by atoms with E-state index in [2.05, 4.69) is 52.7 Å². The molecule has 0 bridgehead atoms. The molecule has 2 aromatic rings. The fourth-order valence-electron chi connectivity index (χ4n) is 3.05. The summed E-state index contributed by atoms with van der Waals surface area (Å²) < 4.78 is 0. The highest BCUT2D eigenvalue weighted by Gasteiger charge is 2.16. The van der Waals surface area contributed by atoms with Crippen LogP contribution in [-0.2, 0) is 6.42 Å². The van der Waals surface area contributed by atoms with E-state index in [1.54, 1.807) is 0 Å². The average Bonchev–Trinajstić information content (AvgIpc) is 3.05. The number of para-hydroxylation sites is 1. The van der Waals surface area contributed by atoms with Crippen molar-refractivity contribution in [2.45, 2.75) is 12.8 Å². The van der Waals surface area contributed by atoms with Gasteiger partial charge in [-0.3, -0.25) is 0 Å². The number of hydrogen-bond acceptors (Lipinski definition) is 2. The Hall–Kier alpha value is -1.32. The van der Waals surface area contributed by atoms with Crippen LogP contribution >= 0.6 is 0 Å². The van der Waals surface area contributed by atoms with Crippen LogP contribution < -0.4 is 5.32 Å². The fourth-order valence-corrected chi connectivity index (χ4v) is 3.05. The minimum atomic E-state index is 0.841. The van der Waals surface area contributed by atoms with Gasteiger partial charge in [0.15, 0.2) is 0 Å². The molecule has 1 atom stereocenters. The molecule has 1 aliphatic heterocycles. The minimum absolute atomic E-state index is 0.841. The van der Waals surface area contributed by atoms with E-state index in [0.29, 0.717) is 0 Å². The van der Waals surface area contributed by atoms with E-state index >= 15 is 0 Å². The first-order chi connectivity index (χ1) is 9.33. The molecule has 3 nitrogen and oxygen atoms in total. The zero-order valence-electron chi connectivity index (χ0n) is 11.7. The Kier molecular flexibility index (Phi) is 3.85. The van der Waals surface area contributed by atoms with Gasteiger partial charge in [0.2, 0.25) is 0 Å². The van der Waals surface area contributed by atoms with Crippen molar-refractivity contribution >= 4 is 10.9 Å². The lowest BCUT2D eigenvalue weighted by Gasteiger charge is -2.20. The van der Waals surface area contributed by atoms with Gasteiger partial charge < -0.3 is 15.2 Å². The maximum absolute atomic E-state index is 3.44. The lowest BCUT2D eigenvalue weighted by atomic mass is 10.1. The number of hydrogen-bond donors (Lipinski definition) is 2. The molecule has 1 saturated heterocycles. The normalized spacial score (nSPS) is 19.6. The van der Waals surface area contributed by atoms with Crippen molar-refractivity contribution in [2.75, 3.05) is 33.2 Å². The van der Waals surface area contributed by atoms with E-state index in [4.69, 9.17) is 0 Å². The van der Waals surface area contributed by atoms with Gasteiger partial charge >= 0.3 is 0 Å². The number of nitrogens with one attached hydrogen (secondary N) is 2. The molecular formula is C16H23N3. The van der Waals surface area contributed by atoms with Gasteiger partial charge in [0.25, 0.3) is 0 Å². The molecule has 2 N–H and O–H groups in total. The number of fused-ring (bicyclic) bond motifs is 1. The van der Waals surface area contributed by atoms with Crippen LogP contribution in [0.4, 0.5) is 0 Å². The Morgan fingerprint density at radius 2 is 2.21 bits per heavy atom. The Morgan fingerprint density at radius 3 is 3.05 bits per heavy atom. The standard InChI is InChI=1S/C16H23N3/c1-19(12-13-6-8-17-10-13)9-7-14-11-18-16-5-3-2-4-15(14)16/h2-5,11,13,17-18H,6-10,12H2,1H3. The summed E-state index contributed by atoms with van der Waals surface area (Å²) in [5.74, 6) is 0.841. The van der Waals surface area contributed by atoms with Crippen LogP contribution in [0.5, 0.6) is 0 Å². The highest BCUT2D eigenvalue weighted by atomic mass is 15.1. The van der Waals surface area contributed by atoms with Crippen molar-refractivity contribution in [2.24, 2.45) is 5.92 Å². The second-order valence-corrected chi connectivity index (χ2v) is 5.73. The van der Waals surface area contributed by atoms with E-state index in [1.165, 1.54) is 42.5 Å². The third-order valence-corrected chi connectivity index (χ3v) is 4.17. The van der Waals surface area contributed by atoms with Crippen molar-refractivity contribution < 1.29 is 0 Å². The van der Waals surface area contributed by atoms with Gasteiger partial charge in [0, 0.05) is 30.2 Å². The molecule has 1 aliphatic rings. The number of nitrogens with zero attached hydrogens (tertiary/aromatic N) is 1. The summed E-state index contributed by atoms with van der Waals surface area (Å²) >= 11 is 0. The van der Waals surface area contributed by atoms with Gasteiger partial charge in [-0.05, 0) is 50.5 Å². The van der Waals surface area contributed by atoms with Gasteiger partial charge in [-0.15, -0.1) is 0 Å². The van der Waals surface area contributed by atoms with Crippen molar-refractivity contribution in [1.82, 2.24) is 15.2 Å². The van der Waals surface area contributed by atoms with Gasteiger partial charge in [0.05, 0.1) is 0 Å². The molecule has 0 aliphatic carbocycles. The van der Waals surface area contributed by atoms with Crippen molar-refractivity contribution in [3.05, 3.63) is 36.0 Å². The monoisotopic (exact) mass is 257 g/mol. The molecule has 0 spiro atoms. The summed E-state index contributed by atoms with van der Waals surface area (Å²) in [6, 6.07) is 8.56. The first kappa shape index (κ1) is 12.7. The van der Waals surface area contributed by atoms with Crippen LogP contribution in [0, 0.1) is 5.92 Å². The average molecular weight is 257 g/mol. The van der Waals surface area contributed by atoms with Crippen LogP contribution in [0.2, 0.25) is 0 Å². The number of aromatic amines is 1. The summed E-state index contributed by atoms with van der Waals surface area (Å²) in [6.45, 7) is 4.74. The Balaban J connectivity index is 1.56. The Morgan fingerprint density at radius 1 is 1.32 bits per heavy atom. The Bertz CT molecular complexity index is 526. The fraction of sp³-hybridized carbons (Fsp3) is 0.500. The second-order valence-electron chi connectivity index (χ2n) is 5.73. The number of aromatic nitrogens is 1. The van der Waals surface area contributed by atoms with E-state index in [1.807, 2.05) is 0 Å². The molecule has 19 heavy (non-hydrogen) atoms. The molecular weight excluding hydrogens is 234 g/mol. The minimum Gasteiger partial charge on any atom is -0.361 e. The molecule has 0 radical (unpaired) electrons. The van der Waals surface area contributed by atoms with E-state index in [-0.39, 0.29) is 0 Å². The van der Waals surface area contributed by atoms with E-state index < -0.39 is 0 Å². The predicted molar refractivity (Wildman–Crippen MR) is 80.5 cm³/mol. The molecule has 1 aromatic heterocycles. The summed E-state index contributed by atoms with van der Waals surface area (Å²) in [4.78, 5) is 5.83. The molecule has 3 rings (SSSR count). The predicted octanol–water partition coefficient (Wildman–Crippen LogP) is 2.25. The first-order valence-corrected chi connectivity index (χ1v) is 7.27. The summed E-state index contributed by atoms with van der Waals surface area (Å²) in [5.41, 5.74) is 2.69. The maximum atomic E-state index is 3.44. The molecule has 0 saturated carbocycles. The maximum Gasteiger partial charge on any atom is 0.0456 e. The summed E-state index contributed by atoms with van der Waals surface area (Å²) in [5, 5.41) is 4.81. The third-order valence-electron chi connectivity index (χ3n) is 4.17. The zero-order valence-corrected chi connectivity index (χ0v) is 11.7. The summed E-state index contributed by atoms with van der Waals surface area (Å²) in [7, 11) is 2.24. The zero-order chi connectivity index (χ0) is 13.1. The molecule has 1 fully saturated rings. The van der Waals surface area contributed by atoms with E-state index in [0.717, 1.165) is 18.9 Å². The van der Waals surface area contributed by atoms with Crippen LogP contribution in [-0.4, -0.2) is 43.1 Å². The van der Waals surface area contributed by atoms with Gasteiger partial charge in [-0.1, -0.05) is 18.2 Å². The third kappa shape index (κ3) is 2.99. The number of benzene rings is 1. The summed E-state index contributed by atoms with van der Waals surface area (Å²) in [6.07, 6.45) is 4.62. The molecule has 3 heteroatoms. The first-order valence-electron chi connectivity index (χ1n) is 7.27. The molecule has 1 aromatic carbocycles. The topological polar surface area (TPSA) is 31.1 Å². The number of likely N-dealkylation sites (N-methyl/N-ethyl adjacent to an activating group) is 1. The highest BCUT2D eigenvalue weighted by Crippen LogP contribution is 2.18.